The summed E-state index contributed by atoms with van der Waals surface area (Å²) in [6, 6.07) is 4.89. The Morgan fingerprint density at radius 1 is 1.24 bits per heavy atom. The van der Waals surface area contributed by atoms with Crippen molar-refractivity contribution in [1.29, 1.82) is 0 Å². The molecule has 118 valence electrons. The highest BCUT2D eigenvalue weighted by Crippen LogP contribution is 2.38. The van der Waals surface area contributed by atoms with Gasteiger partial charge < -0.3 is 10.2 Å². The van der Waals surface area contributed by atoms with E-state index in [1.165, 1.54) is 31.2 Å². The molecule has 0 unspecified atom stereocenters. The lowest BCUT2D eigenvalue weighted by Crippen LogP contribution is -2.40. The standard InChI is InChI=1S/C18H31N3/c1-5-18(6-2)8-11-21(12-9-18)17-13-16(7-10-19-17)14-20-15(3)4/h7,10,13,15,20H,5-6,8-9,11-12,14H2,1-4H3. The molecule has 0 spiro atoms. The first-order valence-corrected chi connectivity index (χ1v) is 8.52. The van der Waals surface area contributed by atoms with E-state index < -0.39 is 0 Å². The van der Waals surface area contributed by atoms with Gasteiger partial charge in [0.1, 0.15) is 5.82 Å². The molecule has 2 heterocycles. The minimum absolute atomic E-state index is 0.520. The second kappa shape index (κ2) is 7.26. The van der Waals surface area contributed by atoms with Gasteiger partial charge in [0.25, 0.3) is 0 Å². The number of hydrogen-bond acceptors (Lipinski definition) is 3. The van der Waals surface area contributed by atoms with E-state index in [1.807, 2.05) is 6.20 Å². The van der Waals surface area contributed by atoms with Crippen LogP contribution in [0.25, 0.3) is 0 Å². The Morgan fingerprint density at radius 2 is 1.90 bits per heavy atom. The average molecular weight is 289 g/mol. The number of aromatic nitrogens is 1. The Hall–Kier alpha value is -1.09. The highest BCUT2D eigenvalue weighted by atomic mass is 15.2. The first-order chi connectivity index (χ1) is 10.1. The van der Waals surface area contributed by atoms with Crippen molar-refractivity contribution < 1.29 is 0 Å². The maximum atomic E-state index is 4.59. The van der Waals surface area contributed by atoms with E-state index in [-0.39, 0.29) is 0 Å². The summed E-state index contributed by atoms with van der Waals surface area (Å²) in [5.41, 5.74) is 1.91. The van der Waals surface area contributed by atoms with Crippen LogP contribution in [0.15, 0.2) is 18.3 Å². The second-order valence-corrected chi connectivity index (χ2v) is 6.75. The SMILES string of the molecule is CCC1(CC)CCN(c2cc(CNC(C)C)ccn2)CC1. The normalized spacial score (nSPS) is 18.2. The van der Waals surface area contributed by atoms with Crippen LogP contribution in [0.1, 0.15) is 58.9 Å². The molecule has 21 heavy (non-hydrogen) atoms. The minimum Gasteiger partial charge on any atom is -0.357 e. The lowest BCUT2D eigenvalue weighted by Gasteiger charge is -2.41. The van der Waals surface area contributed by atoms with E-state index in [1.54, 1.807) is 0 Å². The largest absolute Gasteiger partial charge is 0.357 e. The molecule has 0 amide bonds. The molecule has 1 aliphatic heterocycles. The predicted molar refractivity (Wildman–Crippen MR) is 90.7 cm³/mol. The number of nitrogens with one attached hydrogen (secondary N) is 1. The maximum absolute atomic E-state index is 4.59. The van der Waals surface area contributed by atoms with Gasteiger partial charge in [-0.25, -0.2) is 4.98 Å². The van der Waals surface area contributed by atoms with Crippen molar-refractivity contribution in [3.63, 3.8) is 0 Å². The average Bonchev–Trinajstić information content (AvgIpc) is 2.53. The first kappa shape index (κ1) is 16.3. The molecule has 0 aliphatic carbocycles. The van der Waals surface area contributed by atoms with E-state index in [9.17, 15) is 0 Å². The lowest BCUT2D eigenvalue weighted by molar-refractivity contribution is 0.199. The molecule has 1 aliphatic rings. The molecule has 1 N–H and O–H groups in total. The van der Waals surface area contributed by atoms with Crippen LogP contribution in [0, 0.1) is 5.41 Å². The van der Waals surface area contributed by atoms with Crippen molar-refractivity contribution in [3.05, 3.63) is 23.9 Å². The molecule has 3 heteroatoms. The van der Waals surface area contributed by atoms with Gasteiger partial charge in [-0.05, 0) is 36.0 Å². The second-order valence-electron chi connectivity index (χ2n) is 6.75. The summed E-state index contributed by atoms with van der Waals surface area (Å²) in [6.45, 7) is 12.3. The molecule has 1 aromatic rings. The molecular weight excluding hydrogens is 258 g/mol. The molecule has 1 aromatic heterocycles. The van der Waals surface area contributed by atoms with Crippen LogP contribution < -0.4 is 10.2 Å². The Balaban J connectivity index is 1.98. The fraction of sp³-hybridized carbons (Fsp3) is 0.722. The van der Waals surface area contributed by atoms with Crippen LogP contribution in [0.2, 0.25) is 0 Å². The fourth-order valence-electron chi connectivity index (χ4n) is 3.23. The minimum atomic E-state index is 0.520. The van der Waals surface area contributed by atoms with Crippen LogP contribution in [0.3, 0.4) is 0 Å². The molecule has 0 aromatic carbocycles. The third-order valence-corrected chi connectivity index (χ3v) is 5.17. The summed E-state index contributed by atoms with van der Waals surface area (Å²) in [7, 11) is 0. The van der Waals surface area contributed by atoms with Crippen molar-refractivity contribution in [2.45, 2.75) is 66.0 Å². The Morgan fingerprint density at radius 3 is 2.48 bits per heavy atom. The molecule has 0 saturated carbocycles. The zero-order valence-electron chi connectivity index (χ0n) is 14.2. The Bertz CT molecular complexity index is 428. The molecular formula is C18H31N3. The number of hydrogen-bond donors (Lipinski definition) is 1. The maximum Gasteiger partial charge on any atom is 0.128 e. The van der Waals surface area contributed by atoms with Gasteiger partial charge in [0.05, 0.1) is 0 Å². The summed E-state index contributed by atoms with van der Waals surface area (Å²) in [5, 5.41) is 3.48. The van der Waals surface area contributed by atoms with Gasteiger partial charge in [0, 0.05) is 31.9 Å². The number of nitrogens with zero attached hydrogens (tertiary/aromatic N) is 2. The monoisotopic (exact) mass is 289 g/mol. The summed E-state index contributed by atoms with van der Waals surface area (Å²) in [5.74, 6) is 1.15. The van der Waals surface area contributed by atoms with E-state index in [0.29, 0.717) is 11.5 Å². The van der Waals surface area contributed by atoms with Crippen LogP contribution in [-0.2, 0) is 6.54 Å². The van der Waals surface area contributed by atoms with Gasteiger partial charge in [0.2, 0.25) is 0 Å². The van der Waals surface area contributed by atoms with E-state index >= 15 is 0 Å². The fourth-order valence-corrected chi connectivity index (χ4v) is 3.23. The molecule has 0 bridgehead atoms. The molecule has 0 atom stereocenters. The summed E-state index contributed by atoms with van der Waals surface area (Å²) in [4.78, 5) is 7.05. The molecule has 1 fully saturated rings. The van der Waals surface area contributed by atoms with Crippen molar-refractivity contribution in [2.75, 3.05) is 18.0 Å². The van der Waals surface area contributed by atoms with Crippen LogP contribution in [-0.4, -0.2) is 24.1 Å². The van der Waals surface area contributed by atoms with Gasteiger partial charge in [-0.2, -0.15) is 0 Å². The number of piperidine rings is 1. The first-order valence-electron chi connectivity index (χ1n) is 8.52. The van der Waals surface area contributed by atoms with Gasteiger partial charge in [0.15, 0.2) is 0 Å². The number of anilines is 1. The predicted octanol–water partition coefficient (Wildman–Crippen LogP) is 3.99. The zero-order valence-corrected chi connectivity index (χ0v) is 14.2. The molecule has 2 rings (SSSR count). The third-order valence-electron chi connectivity index (χ3n) is 5.17. The van der Waals surface area contributed by atoms with Gasteiger partial charge in [-0.15, -0.1) is 0 Å². The zero-order chi connectivity index (χ0) is 15.3. The molecule has 1 saturated heterocycles. The number of rotatable bonds is 6. The molecule has 0 radical (unpaired) electrons. The van der Waals surface area contributed by atoms with Crippen LogP contribution >= 0.6 is 0 Å². The lowest BCUT2D eigenvalue weighted by atomic mass is 9.74. The van der Waals surface area contributed by atoms with Crippen molar-refractivity contribution in [2.24, 2.45) is 5.41 Å². The van der Waals surface area contributed by atoms with Crippen molar-refractivity contribution in [3.8, 4) is 0 Å². The van der Waals surface area contributed by atoms with Crippen molar-refractivity contribution in [1.82, 2.24) is 10.3 Å². The van der Waals surface area contributed by atoms with Crippen LogP contribution in [0.4, 0.5) is 5.82 Å². The smallest absolute Gasteiger partial charge is 0.128 e. The summed E-state index contributed by atoms with van der Waals surface area (Å²) < 4.78 is 0. The summed E-state index contributed by atoms with van der Waals surface area (Å²) >= 11 is 0. The molecule has 3 nitrogen and oxygen atoms in total. The van der Waals surface area contributed by atoms with Crippen molar-refractivity contribution >= 4 is 5.82 Å². The van der Waals surface area contributed by atoms with E-state index in [0.717, 1.165) is 25.5 Å². The summed E-state index contributed by atoms with van der Waals surface area (Å²) in [6.07, 6.45) is 7.17. The third kappa shape index (κ3) is 4.19. The number of pyridine rings is 1. The van der Waals surface area contributed by atoms with Crippen LogP contribution in [0.5, 0.6) is 0 Å². The van der Waals surface area contributed by atoms with E-state index in [4.69, 9.17) is 0 Å². The highest BCUT2D eigenvalue weighted by molar-refractivity contribution is 5.41. The Kier molecular flexibility index (Phi) is 5.63. The Labute approximate surface area is 130 Å². The highest BCUT2D eigenvalue weighted by Gasteiger charge is 2.31. The topological polar surface area (TPSA) is 28.2 Å². The van der Waals surface area contributed by atoms with Gasteiger partial charge in [-0.1, -0.05) is 40.5 Å². The van der Waals surface area contributed by atoms with E-state index in [2.05, 4.69) is 55.0 Å². The van der Waals surface area contributed by atoms with Gasteiger partial charge >= 0.3 is 0 Å². The quantitative estimate of drug-likeness (QED) is 0.858. The van der Waals surface area contributed by atoms with Gasteiger partial charge in [-0.3, -0.25) is 0 Å².